The van der Waals surface area contributed by atoms with Crippen LogP contribution in [-0.2, 0) is 9.59 Å². The van der Waals surface area contributed by atoms with Gasteiger partial charge in [0.25, 0.3) is 0 Å². The second-order valence-electron chi connectivity index (χ2n) is 8.19. The number of likely N-dealkylation sites (tertiary alicyclic amines) is 1. The fraction of sp³-hybridized carbons (Fsp3) is 0.348. The summed E-state index contributed by atoms with van der Waals surface area (Å²) in [7, 11) is 0. The molecule has 2 fully saturated rings. The number of benzene rings is 2. The quantitative estimate of drug-likeness (QED) is 0.623. The molecular formula is C23H23N3O3. The van der Waals surface area contributed by atoms with E-state index in [0.717, 1.165) is 23.6 Å². The van der Waals surface area contributed by atoms with Crippen molar-refractivity contribution >= 4 is 34.3 Å². The second-order valence-corrected chi connectivity index (χ2v) is 8.19. The van der Waals surface area contributed by atoms with Gasteiger partial charge in [-0.1, -0.05) is 48.6 Å². The van der Waals surface area contributed by atoms with Gasteiger partial charge in [-0.05, 0) is 43.1 Å². The zero-order valence-electron chi connectivity index (χ0n) is 16.2. The Kier molecular flexibility index (Phi) is 4.15. The molecule has 2 aromatic carbocycles. The number of hydrogen-bond acceptors (Lipinski definition) is 3. The molecule has 0 spiro atoms. The van der Waals surface area contributed by atoms with Gasteiger partial charge in [-0.2, -0.15) is 0 Å². The van der Waals surface area contributed by atoms with Crippen molar-refractivity contribution in [2.45, 2.75) is 25.9 Å². The number of anilines is 1. The summed E-state index contributed by atoms with van der Waals surface area (Å²) in [4.78, 5) is 39.9. The standard InChI is InChI=1S/C23H23N3O3/c1-13(24-23(29)25-18-8-4-6-14-5-2-3-7-17(14)18)26-21(27)19-15-9-10-16(12-11-15)20(19)22(26)28/h2-10,13,15-16,19-20H,11-12H2,1H3,(H2,24,25,29)/t13-,15-,16-,19-,20+/m0/s1. The number of nitrogens with zero attached hydrogens (tertiary/aromatic N) is 1. The Labute approximate surface area is 168 Å². The van der Waals surface area contributed by atoms with Crippen LogP contribution in [0.4, 0.5) is 10.5 Å². The molecule has 2 aromatic rings. The first-order chi connectivity index (χ1) is 14.0. The molecular weight excluding hydrogens is 366 g/mol. The van der Waals surface area contributed by atoms with Crippen LogP contribution >= 0.6 is 0 Å². The summed E-state index contributed by atoms with van der Waals surface area (Å²) in [6, 6.07) is 13.0. The van der Waals surface area contributed by atoms with Crippen LogP contribution in [0.15, 0.2) is 54.6 Å². The lowest BCUT2D eigenvalue weighted by Crippen LogP contribution is -2.50. The minimum absolute atomic E-state index is 0.142. The Hall–Kier alpha value is -3.15. The number of carbonyl (C=O) groups is 3. The van der Waals surface area contributed by atoms with Gasteiger partial charge in [-0.15, -0.1) is 0 Å². The van der Waals surface area contributed by atoms with E-state index in [1.165, 1.54) is 4.90 Å². The molecule has 0 radical (unpaired) electrons. The highest BCUT2D eigenvalue weighted by molar-refractivity contribution is 6.07. The van der Waals surface area contributed by atoms with E-state index in [4.69, 9.17) is 0 Å². The van der Waals surface area contributed by atoms with Crippen LogP contribution in [0.2, 0.25) is 0 Å². The highest BCUT2D eigenvalue weighted by Crippen LogP contribution is 2.49. The van der Waals surface area contributed by atoms with Crippen LogP contribution < -0.4 is 10.6 Å². The molecule has 5 atom stereocenters. The van der Waals surface area contributed by atoms with Crippen molar-refractivity contribution in [2.24, 2.45) is 23.7 Å². The Morgan fingerprint density at radius 2 is 1.59 bits per heavy atom. The number of urea groups is 1. The van der Waals surface area contributed by atoms with Crippen LogP contribution in [0.3, 0.4) is 0 Å². The van der Waals surface area contributed by atoms with Crippen molar-refractivity contribution in [3.05, 3.63) is 54.6 Å². The summed E-state index contributed by atoms with van der Waals surface area (Å²) in [6.45, 7) is 1.69. The number of hydrogen-bond donors (Lipinski definition) is 2. The Balaban J connectivity index is 1.31. The first-order valence-corrected chi connectivity index (χ1v) is 10.1. The third kappa shape index (κ3) is 2.82. The fourth-order valence-electron chi connectivity index (χ4n) is 5.23. The molecule has 1 heterocycles. The summed E-state index contributed by atoms with van der Waals surface area (Å²) in [5.74, 6) is -0.561. The zero-order chi connectivity index (χ0) is 20.1. The number of allylic oxidation sites excluding steroid dienone is 2. The molecule has 0 unspecified atom stereocenters. The van der Waals surface area contributed by atoms with Crippen molar-refractivity contribution in [1.82, 2.24) is 10.2 Å². The van der Waals surface area contributed by atoms with Gasteiger partial charge >= 0.3 is 6.03 Å². The molecule has 0 aromatic heterocycles. The number of rotatable bonds is 3. The van der Waals surface area contributed by atoms with E-state index < -0.39 is 12.2 Å². The predicted octanol–water partition coefficient (Wildman–Crippen LogP) is 3.50. The molecule has 2 N–H and O–H groups in total. The normalized spacial score (nSPS) is 28.5. The second kappa shape index (κ2) is 6.72. The topological polar surface area (TPSA) is 78.5 Å². The molecule has 6 nitrogen and oxygen atoms in total. The number of amides is 4. The lowest BCUT2D eigenvalue weighted by Gasteiger charge is -2.38. The number of imide groups is 1. The van der Waals surface area contributed by atoms with Gasteiger partial charge in [0, 0.05) is 5.39 Å². The van der Waals surface area contributed by atoms with Crippen LogP contribution in [0.5, 0.6) is 0 Å². The minimum Gasteiger partial charge on any atom is -0.317 e. The number of nitrogens with one attached hydrogen (secondary N) is 2. The molecule has 29 heavy (non-hydrogen) atoms. The maximum absolute atomic E-state index is 13.0. The smallest absolute Gasteiger partial charge is 0.317 e. The molecule has 4 amide bonds. The monoisotopic (exact) mass is 389 g/mol. The maximum Gasteiger partial charge on any atom is 0.320 e. The number of carbonyl (C=O) groups excluding carboxylic acids is 3. The van der Waals surface area contributed by atoms with E-state index in [-0.39, 0.29) is 35.5 Å². The lowest BCUT2D eigenvalue weighted by atomic mass is 9.63. The van der Waals surface area contributed by atoms with Crippen LogP contribution in [0.25, 0.3) is 10.8 Å². The molecule has 1 saturated carbocycles. The molecule has 3 aliphatic carbocycles. The van der Waals surface area contributed by atoms with Crippen molar-refractivity contribution in [3.63, 3.8) is 0 Å². The van der Waals surface area contributed by atoms with E-state index in [9.17, 15) is 14.4 Å². The molecule has 148 valence electrons. The van der Waals surface area contributed by atoms with Gasteiger partial charge < -0.3 is 10.6 Å². The van der Waals surface area contributed by atoms with Crippen molar-refractivity contribution < 1.29 is 14.4 Å². The highest BCUT2D eigenvalue weighted by atomic mass is 16.2. The van der Waals surface area contributed by atoms with E-state index in [1.807, 2.05) is 42.5 Å². The average molecular weight is 389 g/mol. The first-order valence-electron chi connectivity index (χ1n) is 10.1. The van der Waals surface area contributed by atoms with Crippen molar-refractivity contribution in [1.29, 1.82) is 0 Å². The highest BCUT2D eigenvalue weighted by Gasteiger charge is 2.57. The first kappa shape index (κ1) is 17.9. The SMILES string of the molecule is C[C@@H](NC(=O)Nc1cccc2ccccc12)N1C(=O)[C@@H]2[C@H](C1=O)[C@H]1C=C[C@H]2CC1. The summed E-state index contributed by atoms with van der Waals surface area (Å²) >= 11 is 0. The van der Waals surface area contributed by atoms with Crippen LogP contribution in [0.1, 0.15) is 19.8 Å². The van der Waals surface area contributed by atoms with Crippen LogP contribution in [0, 0.1) is 23.7 Å². The largest absolute Gasteiger partial charge is 0.320 e. The maximum atomic E-state index is 13.0. The van der Waals surface area contributed by atoms with Gasteiger partial charge in [0.15, 0.2) is 0 Å². The minimum atomic E-state index is -0.699. The average Bonchev–Trinajstić information content (AvgIpc) is 3.02. The third-order valence-corrected chi connectivity index (χ3v) is 6.56. The lowest BCUT2D eigenvalue weighted by molar-refractivity contribution is -0.142. The Morgan fingerprint density at radius 1 is 0.966 bits per heavy atom. The molecule has 4 aliphatic rings. The summed E-state index contributed by atoms with van der Waals surface area (Å²) in [5, 5.41) is 7.57. The van der Waals surface area contributed by atoms with E-state index in [0.29, 0.717) is 5.69 Å². The van der Waals surface area contributed by atoms with Gasteiger partial charge in [0.2, 0.25) is 11.8 Å². The predicted molar refractivity (Wildman–Crippen MR) is 110 cm³/mol. The fourth-order valence-corrected chi connectivity index (χ4v) is 5.23. The van der Waals surface area contributed by atoms with Gasteiger partial charge in [-0.3, -0.25) is 14.5 Å². The summed E-state index contributed by atoms with van der Waals surface area (Å²) < 4.78 is 0. The summed E-state index contributed by atoms with van der Waals surface area (Å²) in [5.41, 5.74) is 0.683. The Bertz CT molecular complexity index is 1010. The molecule has 1 saturated heterocycles. The van der Waals surface area contributed by atoms with E-state index >= 15 is 0 Å². The molecule has 1 aliphatic heterocycles. The Morgan fingerprint density at radius 3 is 2.24 bits per heavy atom. The van der Waals surface area contributed by atoms with E-state index in [2.05, 4.69) is 22.8 Å². The molecule has 2 bridgehead atoms. The van der Waals surface area contributed by atoms with E-state index in [1.54, 1.807) is 6.92 Å². The summed E-state index contributed by atoms with van der Waals surface area (Å²) in [6.07, 6.45) is 5.40. The number of fused-ring (bicyclic) bond motifs is 2. The van der Waals surface area contributed by atoms with Gasteiger partial charge in [-0.25, -0.2) is 4.79 Å². The van der Waals surface area contributed by atoms with Crippen molar-refractivity contribution in [2.75, 3.05) is 5.32 Å². The third-order valence-electron chi connectivity index (χ3n) is 6.56. The molecule has 6 heteroatoms. The van der Waals surface area contributed by atoms with Gasteiger partial charge in [0.05, 0.1) is 17.5 Å². The zero-order valence-corrected chi connectivity index (χ0v) is 16.2. The van der Waals surface area contributed by atoms with Crippen molar-refractivity contribution in [3.8, 4) is 0 Å². The van der Waals surface area contributed by atoms with Crippen LogP contribution in [-0.4, -0.2) is 28.9 Å². The van der Waals surface area contributed by atoms with Gasteiger partial charge in [0.1, 0.15) is 6.17 Å². The molecule has 6 rings (SSSR count).